The van der Waals surface area contributed by atoms with Crippen LogP contribution in [0.3, 0.4) is 0 Å². The van der Waals surface area contributed by atoms with Gasteiger partial charge in [0, 0.05) is 25.0 Å². The molecule has 5 heteroatoms. The van der Waals surface area contributed by atoms with Gasteiger partial charge in [0.1, 0.15) is 12.2 Å². The van der Waals surface area contributed by atoms with Gasteiger partial charge in [-0.15, -0.1) is 0 Å². The Bertz CT molecular complexity index is 399. The second-order valence-electron chi connectivity index (χ2n) is 4.82. The molecular weight excluding hydrogens is 214 g/mol. The quantitative estimate of drug-likeness (QED) is 0.751. The summed E-state index contributed by atoms with van der Waals surface area (Å²) < 4.78 is 1.96. The zero-order valence-corrected chi connectivity index (χ0v) is 10.5. The summed E-state index contributed by atoms with van der Waals surface area (Å²) in [5, 5.41) is 12.9. The highest BCUT2D eigenvalue weighted by Crippen LogP contribution is 2.28. The molecule has 0 radical (unpaired) electrons. The highest BCUT2D eigenvalue weighted by atomic mass is 15.4. The number of hydrogen-bond acceptors (Lipinski definition) is 4. The highest BCUT2D eigenvalue weighted by molar-refractivity contribution is 4.93. The Morgan fingerprint density at radius 1 is 1.59 bits per heavy atom. The van der Waals surface area contributed by atoms with Crippen molar-refractivity contribution >= 4 is 0 Å². The molecule has 0 atom stereocenters. The van der Waals surface area contributed by atoms with E-state index < -0.39 is 0 Å². The molecule has 5 nitrogen and oxygen atoms in total. The van der Waals surface area contributed by atoms with Gasteiger partial charge in [0.25, 0.3) is 0 Å². The molecule has 92 valence electrons. The Labute approximate surface area is 102 Å². The summed E-state index contributed by atoms with van der Waals surface area (Å²) in [7, 11) is 0. The van der Waals surface area contributed by atoms with Crippen LogP contribution in [0.2, 0.25) is 0 Å². The lowest BCUT2D eigenvalue weighted by Gasteiger charge is -2.21. The fourth-order valence-corrected chi connectivity index (χ4v) is 2.02. The zero-order chi connectivity index (χ0) is 12.3. The third-order valence-electron chi connectivity index (χ3n) is 3.05. The molecule has 1 aliphatic rings. The van der Waals surface area contributed by atoms with E-state index in [0.29, 0.717) is 18.5 Å². The van der Waals surface area contributed by atoms with E-state index in [2.05, 4.69) is 34.9 Å². The van der Waals surface area contributed by atoms with Crippen LogP contribution in [0.15, 0.2) is 6.33 Å². The van der Waals surface area contributed by atoms with Gasteiger partial charge in [-0.3, -0.25) is 4.90 Å². The van der Waals surface area contributed by atoms with Crippen molar-refractivity contribution in [2.75, 3.05) is 6.54 Å². The fraction of sp³-hybridized carbons (Fsp3) is 0.750. The van der Waals surface area contributed by atoms with E-state index in [4.69, 9.17) is 5.26 Å². The SMILES string of the molecule is CC(C)n1ncnc1CN(CCC#N)C1CC1. The summed E-state index contributed by atoms with van der Waals surface area (Å²) in [5.41, 5.74) is 0. The molecule has 1 fully saturated rings. The van der Waals surface area contributed by atoms with Crippen molar-refractivity contribution in [1.29, 1.82) is 5.26 Å². The van der Waals surface area contributed by atoms with Gasteiger partial charge < -0.3 is 0 Å². The van der Waals surface area contributed by atoms with E-state index in [9.17, 15) is 0 Å². The average molecular weight is 233 g/mol. The predicted octanol–water partition coefficient (Wildman–Crippen LogP) is 1.74. The zero-order valence-electron chi connectivity index (χ0n) is 10.5. The van der Waals surface area contributed by atoms with Crippen molar-refractivity contribution in [1.82, 2.24) is 19.7 Å². The Morgan fingerprint density at radius 2 is 2.35 bits per heavy atom. The van der Waals surface area contributed by atoms with Crippen LogP contribution in [0.25, 0.3) is 0 Å². The van der Waals surface area contributed by atoms with E-state index >= 15 is 0 Å². The van der Waals surface area contributed by atoms with Crippen LogP contribution in [0.5, 0.6) is 0 Å². The number of rotatable bonds is 6. The number of aromatic nitrogens is 3. The van der Waals surface area contributed by atoms with Crippen molar-refractivity contribution in [3.63, 3.8) is 0 Å². The normalized spacial score (nSPS) is 15.5. The maximum Gasteiger partial charge on any atom is 0.141 e. The monoisotopic (exact) mass is 233 g/mol. The largest absolute Gasteiger partial charge is 0.292 e. The molecular formula is C12H19N5. The molecule has 17 heavy (non-hydrogen) atoms. The summed E-state index contributed by atoms with van der Waals surface area (Å²) >= 11 is 0. The fourth-order valence-electron chi connectivity index (χ4n) is 2.02. The van der Waals surface area contributed by atoms with Gasteiger partial charge in [-0.2, -0.15) is 10.4 Å². The lowest BCUT2D eigenvalue weighted by molar-refractivity contribution is 0.246. The van der Waals surface area contributed by atoms with Gasteiger partial charge in [-0.25, -0.2) is 9.67 Å². The first-order valence-electron chi connectivity index (χ1n) is 6.21. The molecule has 0 saturated heterocycles. The van der Waals surface area contributed by atoms with Crippen molar-refractivity contribution in [3.05, 3.63) is 12.2 Å². The molecule has 1 aromatic heterocycles. The third-order valence-corrected chi connectivity index (χ3v) is 3.05. The maximum atomic E-state index is 8.68. The molecule has 1 aliphatic carbocycles. The van der Waals surface area contributed by atoms with Gasteiger partial charge in [-0.05, 0) is 26.7 Å². The first-order chi connectivity index (χ1) is 8.22. The second kappa shape index (κ2) is 5.28. The highest BCUT2D eigenvalue weighted by Gasteiger charge is 2.29. The molecule has 1 heterocycles. The summed E-state index contributed by atoms with van der Waals surface area (Å²) in [6.45, 7) is 5.86. The Morgan fingerprint density at radius 3 is 2.94 bits per heavy atom. The van der Waals surface area contributed by atoms with Gasteiger partial charge in [0.2, 0.25) is 0 Å². The van der Waals surface area contributed by atoms with Crippen molar-refractivity contribution < 1.29 is 0 Å². The molecule has 0 spiro atoms. The van der Waals surface area contributed by atoms with E-state index in [0.717, 1.165) is 18.9 Å². The summed E-state index contributed by atoms with van der Waals surface area (Å²) in [6.07, 6.45) is 4.71. The number of nitrogens with zero attached hydrogens (tertiary/aromatic N) is 5. The minimum absolute atomic E-state index is 0.338. The number of hydrogen-bond donors (Lipinski definition) is 0. The molecule has 1 saturated carbocycles. The van der Waals surface area contributed by atoms with Gasteiger partial charge >= 0.3 is 0 Å². The van der Waals surface area contributed by atoms with Crippen LogP contribution in [-0.2, 0) is 6.54 Å². The van der Waals surface area contributed by atoms with Crippen molar-refractivity contribution in [2.24, 2.45) is 0 Å². The summed E-state index contributed by atoms with van der Waals surface area (Å²) in [6, 6.07) is 3.20. The Kier molecular flexibility index (Phi) is 3.75. The van der Waals surface area contributed by atoms with E-state index in [-0.39, 0.29) is 0 Å². The molecule has 0 bridgehead atoms. The van der Waals surface area contributed by atoms with Crippen LogP contribution in [0.1, 0.15) is 45.0 Å². The van der Waals surface area contributed by atoms with Crippen LogP contribution in [-0.4, -0.2) is 32.3 Å². The molecule has 0 amide bonds. The Hall–Kier alpha value is -1.41. The topological polar surface area (TPSA) is 57.7 Å². The van der Waals surface area contributed by atoms with E-state index in [1.54, 1.807) is 6.33 Å². The van der Waals surface area contributed by atoms with E-state index in [1.807, 2.05) is 4.68 Å². The average Bonchev–Trinajstić information content (AvgIpc) is 3.03. The standard InChI is InChI=1S/C12H19N5/c1-10(2)17-12(14-9-15-17)8-16(7-3-6-13)11-4-5-11/h9-11H,3-5,7-8H2,1-2H3. The minimum Gasteiger partial charge on any atom is -0.292 e. The maximum absolute atomic E-state index is 8.68. The molecule has 0 aliphatic heterocycles. The number of nitriles is 1. The van der Waals surface area contributed by atoms with E-state index in [1.165, 1.54) is 12.8 Å². The van der Waals surface area contributed by atoms with Crippen LogP contribution < -0.4 is 0 Å². The first kappa shape index (κ1) is 12.1. The summed E-state index contributed by atoms with van der Waals surface area (Å²) in [4.78, 5) is 6.68. The minimum atomic E-state index is 0.338. The van der Waals surface area contributed by atoms with Crippen molar-refractivity contribution in [3.8, 4) is 6.07 Å². The first-order valence-corrected chi connectivity index (χ1v) is 6.21. The van der Waals surface area contributed by atoms with Crippen LogP contribution >= 0.6 is 0 Å². The van der Waals surface area contributed by atoms with Gasteiger partial charge in [0.05, 0.1) is 12.6 Å². The van der Waals surface area contributed by atoms with Gasteiger partial charge in [0.15, 0.2) is 0 Å². The third kappa shape index (κ3) is 3.04. The molecule has 0 N–H and O–H groups in total. The van der Waals surface area contributed by atoms with Crippen molar-refractivity contribution in [2.45, 2.75) is 51.7 Å². The molecule has 0 aromatic carbocycles. The molecule has 2 rings (SSSR count). The lowest BCUT2D eigenvalue weighted by atomic mass is 10.3. The van der Waals surface area contributed by atoms with Crippen LogP contribution in [0.4, 0.5) is 0 Å². The lowest BCUT2D eigenvalue weighted by Crippen LogP contribution is -2.28. The molecule has 1 aromatic rings. The summed E-state index contributed by atoms with van der Waals surface area (Å²) in [5.74, 6) is 1.00. The molecule has 0 unspecified atom stereocenters. The smallest absolute Gasteiger partial charge is 0.141 e. The second-order valence-corrected chi connectivity index (χ2v) is 4.82. The Balaban J connectivity index is 2.01. The predicted molar refractivity (Wildman–Crippen MR) is 64.1 cm³/mol. The van der Waals surface area contributed by atoms with Crippen LogP contribution in [0, 0.1) is 11.3 Å². The van der Waals surface area contributed by atoms with Gasteiger partial charge in [-0.1, -0.05) is 0 Å².